The fourth-order valence-corrected chi connectivity index (χ4v) is 4.11. The van der Waals surface area contributed by atoms with E-state index in [4.69, 9.17) is 0 Å². The quantitative estimate of drug-likeness (QED) is 0.724. The van der Waals surface area contributed by atoms with Gasteiger partial charge in [0.15, 0.2) is 0 Å². The molecule has 1 fully saturated rings. The molecular weight excluding hydrogens is 314 g/mol. The van der Waals surface area contributed by atoms with Crippen molar-refractivity contribution in [1.82, 2.24) is 4.90 Å². The summed E-state index contributed by atoms with van der Waals surface area (Å²) in [7, 11) is 0. The SMILES string of the molecule is CC(C)c1ccc(C2SCCN2C(=O)/C=C/c2ccccc2)cc1. The first-order chi connectivity index (χ1) is 11.6. The molecule has 2 aromatic carbocycles. The molecule has 124 valence electrons. The molecular formula is C21H23NOS. The van der Waals surface area contributed by atoms with Crippen molar-refractivity contribution in [1.29, 1.82) is 0 Å². The summed E-state index contributed by atoms with van der Waals surface area (Å²) >= 11 is 1.84. The van der Waals surface area contributed by atoms with E-state index in [1.165, 1.54) is 11.1 Å². The fraction of sp³-hybridized carbons (Fsp3) is 0.286. The van der Waals surface area contributed by atoms with E-state index in [1.54, 1.807) is 6.08 Å². The van der Waals surface area contributed by atoms with Gasteiger partial charge in [0, 0.05) is 18.4 Å². The van der Waals surface area contributed by atoms with Crippen LogP contribution in [0.4, 0.5) is 0 Å². The van der Waals surface area contributed by atoms with Crippen molar-refractivity contribution in [2.45, 2.75) is 25.1 Å². The Balaban J connectivity index is 1.73. The predicted molar refractivity (Wildman–Crippen MR) is 103 cm³/mol. The highest BCUT2D eigenvalue weighted by atomic mass is 32.2. The molecule has 0 spiro atoms. The summed E-state index contributed by atoms with van der Waals surface area (Å²) in [4.78, 5) is 14.6. The first-order valence-electron chi connectivity index (χ1n) is 8.40. The molecule has 0 bridgehead atoms. The Bertz CT molecular complexity index is 706. The van der Waals surface area contributed by atoms with E-state index < -0.39 is 0 Å². The molecule has 3 rings (SSSR count). The van der Waals surface area contributed by atoms with Crippen LogP contribution in [0.3, 0.4) is 0 Å². The first-order valence-corrected chi connectivity index (χ1v) is 9.45. The molecule has 1 saturated heterocycles. The predicted octanol–water partition coefficient (Wildman–Crippen LogP) is 5.10. The van der Waals surface area contributed by atoms with Gasteiger partial charge in [-0.3, -0.25) is 4.79 Å². The molecule has 1 heterocycles. The van der Waals surface area contributed by atoms with Gasteiger partial charge in [-0.1, -0.05) is 68.4 Å². The van der Waals surface area contributed by atoms with Crippen molar-refractivity contribution >= 4 is 23.7 Å². The minimum absolute atomic E-state index is 0.0850. The van der Waals surface area contributed by atoms with Crippen LogP contribution in [-0.2, 0) is 4.79 Å². The summed E-state index contributed by atoms with van der Waals surface area (Å²) in [6.07, 6.45) is 3.58. The topological polar surface area (TPSA) is 20.3 Å². The normalized spacial score (nSPS) is 17.8. The molecule has 0 aliphatic carbocycles. The van der Waals surface area contributed by atoms with Crippen molar-refractivity contribution in [3.8, 4) is 0 Å². The van der Waals surface area contributed by atoms with Crippen LogP contribution in [0, 0.1) is 0 Å². The minimum atomic E-state index is 0.0850. The van der Waals surface area contributed by atoms with Gasteiger partial charge in [-0.05, 0) is 28.7 Å². The van der Waals surface area contributed by atoms with Crippen LogP contribution in [0.2, 0.25) is 0 Å². The van der Waals surface area contributed by atoms with Gasteiger partial charge >= 0.3 is 0 Å². The second kappa shape index (κ2) is 7.71. The molecule has 3 heteroatoms. The summed E-state index contributed by atoms with van der Waals surface area (Å²) < 4.78 is 0. The zero-order valence-electron chi connectivity index (χ0n) is 14.2. The third kappa shape index (κ3) is 3.90. The lowest BCUT2D eigenvalue weighted by molar-refractivity contribution is -0.126. The van der Waals surface area contributed by atoms with E-state index in [-0.39, 0.29) is 11.3 Å². The highest BCUT2D eigenvalue weighted by molar-refractivity contribution is 7.99. The van der Waals surface area contributed by atoms with E-state index in [9.17, 15) is 4.79 Å². The lowest BCUT2D eigenvalue weighted by Crippen LogP contribution is -2.28. The van der Waals surface area contributed by atoms with E-state index >= 15 is 0 Å². The van der Waals surface area contributed by atoms with Crippen LogP contribution in [0.5, 0.6) is 0 Å². The molecule has 1 aliphatic rings. The van der Waals surface area contributed by atoms with E-state index in [0.29, 0.717) is 5.92 Å². The summed E-state index contributed by atoms with van der Waals surface area (Å²) in [5.74, 6) is 1.60. The van der Waals surface area contributed by atoms with Crippen molar-refractivity contribution in [3.63, 3.8) is 0 Å². The molecule has 0 saturated carbocycles. The van der Waals surface area contributed by atoms with Crippen LogP contribution in [-0.4, -0.2) is 23.1 Å². The Morgan fingerprint density at radius 2 is 1.83 bits per heavy atom. The molecule has 2 nitrogen and oxygen atoms in total. The molecule has 2 aromatic rings. The Hall–Kier alpha value is -2.00. The number of rotatable bonds is 4. The summed E-state index contributed by atoms with van der Waals surface area (Å²) in [5.41, 5.74) is 3.60. The number of hydrogen-bond acceptors (Lipinski definition) is 2. The summed E-state index contributed by atoms with van der Waals surface area (Å²) in [5, 5.41) is 0.124. The number of thioether (sulfide) groups is 1. The number of nitrogens with zero attached hydrogens (tertiary/aromatic N) is 1. The van der Waals surface area contributed by atoms with Gasteiger partial charge in [0.05, 0.1) is 0 Å². The smallest absolute Gasteiger partial charge is 0.247 e. The lowest BCUT2D eigenvalue weighted by Gasteiger charge is -2.23. The van der Waals surface area contributed by atoms with Gasteiger partial charge in [-0.15, -0.1) is 11.8 Å². The van der Waals surface area contributed by atoms with Gasteiger partial charge in [-0.25, -0.2) is 0 Å². The summed E-state index contributed by atoms with van der Waals surface area (Å²) in [6, 6.07) is 18.6. The van der Waals surface area contributed by atoms with Crippen molar-refractivity contribution in [2.24, 2.45) is 0 Å². The number of amides is 1. The van der Waals surface area contributed by atoms with E-state index in [1.807, 2.05) is 53.1 Å². The van der Waals surface area contributed by atoms with Gasteiger partial charge in [0.1, 0.15) is 5.37 Å². The zero-order valence-corrected chi connectivity index (χ0v) is 15.0. The Kier molecular flexibility index (Phi) is 5.41. The van der Waals surface area contributed by atoms with Gasteiger partial charge in [0.2, 0.25) is 5.91 Å². The minimum Gasteiger partial charge on any atom is -0.322 e. The van der Waals surface area contributed by atoms with Crippen LogP contribution in [0.1, 0.15) is 41.8 Å². The van der Waals surface area contributed by atoms with E-state index in [2.05, 4.69) is 38.1 Å². The Labute approximate surface area is 148 Å². The third-order valence-corrected chi connectivity index (χ3v) is 5.54. The average molecular weight is 337 g/mol. The molecule has 1 unspecified atom stereocenters. The highest BCUT2D eigenvalue weighted by Gasteiger charge is 2.29. The number of carbonyl (C=O) groups excluding carboxylic acids is 1. The molecule has 1 atom stereocenters. The lowest BCUT2D eigenvalue weighted by atomic mass is 10.0. The van der Waals surface area contributed by atoms with Crippen molar-refractivity contribution < 1.29 is 4.79 Å². The van der Waals surface area contributed by atoms with Crippen molar-refractivity contribution in [3.05, 3.63) is 77.4 Å². The standard InChI is InChI=1S/C21H23NOS/c1-16(2)18-9-11-19(12-10-18)21-22(14-15-24-21)20(23)13-8-17-6-4-3-5-7-17/h3-13,16,21H,14-15H2,1-2H3/b13-8+. The van der Waals surface area contributed by atoms with Crippen molar-refractivity contribution in [2.75, 3.05) is 12.3 Å². The maximum Gasteiger partial charge on any atom is 0.247 e. The van der Waals surface area contributed by atoms with Crippen LogP contribution < -0.4 is 0 Å². The van der Waals surface area contributed by atoms with Crippen LogP contribution >= 0.6 is 11.8 Å². The molecule has 24 heavy (non-hydrogen) atoms. The maximum absolute atomic E-state index is 12.6. The van der Waals surface area contributed by atoms with Gasteiger partial charge in [0.25, 0.3) is 0 Å². The highest BCUT2D eigenvalue weighted by Crippen LogP contribution is 2.38. The fourth-order valence-electron chi connectivity index (χ4n) is 2.84. The zero-order chi connectivity index (χ0) is 16.9. The number of benzene rings is 2. The Morgan fingerprint density at radius 1 is 1.12 bits per heavy atom. The monoisotopic (exact) mass is 337 g/mol. The molecule has 0 radical (unpaired) electrons. The maximum atomic E-state index is 12.6. The van der Waals surface area contributed by atoms with Crippen LogP contribution in [0.15, 0.2) is 60.7 Å². The molecule has 1 amide bonds. The second-order valence-corrected chi connectivity index (χ2v) is 7.51. The van der Waals surface area contributed by atoms with Crippen LogP contribution in [0.25, 0.3) is 6.08 Å². The van der Waals surface area contributed by atoms with E-state index in [0.717, 1.165) is 17.9 Å². The average Bonchev–Trinajstić information content (AvgIpc) is 3.10. The number of carbonyl (C=O) groups is 1. The molecule has 0 aromatic heterocycles. The molecule has 0 N–H and O–H groups in total. The first kappa shape index (κ1) is 16.8. The largest absolute Gasteiger partial charge is 0.322 e. The Morgan fingerprint density at radius 3 is 2.50 bits per heavy atom. The molecule has 1 aliphatic heterocycles. The second-order valence-electron chi connectivity index (χ2n) is 6.32. The third-order valence-electron chi connectivity index (χ3n) is 4.28. The van der Waals surface area contributed by atoms with Gasteiger partial charge in [-0.2, -0.15) is 0 Å². The van der Waals surface area contributed by atoms with Gasteiger partial charge < -0.3 is 4.90 Å². The number of hydrogen-bond donors (Lipinski definition) is 0. The summed E-state index contributed by atoms with van der Waals surface area (Å²) in [6.45, 7) is 5.20.